The summed E-state index contributed by atoms with van der Waals surface area (Å²) in [5, 5.41) is 2.83. The summed E-state index contributed by atoms with van der Waals surface area (Å²) in [7, 11) is 0. The first-order valence-corrected chi connectivity index (χ1v) is 9.45. The molecule has 1 N–H and O–H groups in total. The molecule has 0 bridgehead atoms. The van der Waals surface area contributed by atoms with Crippen molar-refractivity contribution < 1.29 is 9.59 Å². The molecule has 2 amide bonds. The molecule has 0 aliphatic carbocycles. The van der Waals surface area contributed by atoms with Crippen LogP contribution in [0.25, 0.3) is 0 Å². The van der Waals surface area contributed by atoms with Crippen molar-refractivity contribution in [2.24, 2.45) is 0 Å². The molecular weight excluding hydrogens is 332 g/mol. The minimum Gasteiger partial charge on any atom is -0.339 e. The van der Waals surface area contributed by atoms with Crippen LogP contribution in [-0.4, -0.2) is 35.1 Å². The topological polar surface area (TPSA) is 49.4 Å². The second-order valence-corrected chi connectivity index (χ2v) is 7.21. The molecule has 5 heteroatoms. The largest absolute Gasteiger partial charge is 0.339 e. The standard InChI is InChI=1S/C20H22N2O2S/c1-3-22(4-2)20(24)15-9-7-10-16(12-15)21-19(23)18-13-14-8-5-6-11-17(14)25-18/h5-12,18H,3-4,13H2,1-2H3,(H,21,23). The smallest absolute Gasteiger partial charge is 0.253 e. The van der Waals surface area contributed by atoms with Crippen molar-refractivity contribution >= 4 is 29.3 Å². The van der Waals surface area contributed by atoms with Gasteiger partial charge < -0.3 is 10.2 Å². The van der Waals surface area contributed by atoms with Gasteiger partial charge in [0.2, 0.25) is 5.91 Å². The molecule has 25 heavy (non-hydrogen) atoms. The highest BCUT2D eigenvalue weighted by Crippen LogP contribution is 2.37. The van der Waals surface area contributed by atoms with Crippen LogP contribution in [0, 0.1) is 0 Å². The highest BCUT2D eigenvalue weighted by atomic mass is 32.2. The van der Waals surface area contributed by atoms with Gasteiger partial charge in [0, 0.05) is 29.2 Å². The molecule has 1 unspecified atom stereocenters. The second-order valence-electron chi connectivity index (χ2n) is 5.97. The maximum absolute atomic E-state index is 12.6. The zero-order chi connectivity index (χ0) is 17.8. The number of thioether (sulfide) groups is 1. The summed E-state index contributed by atoms with van der Waals surface area (Å²) in [5.74, 6) is -0.0302. The second kappa shape index (κ2) is 7.74. The molecule has 2 aromatic carbocycles. The third kappa shape index (κ3) is 3.87. The van der Waals surface area contributed by atoms with Gasteiger partial charge in [0.05, 0.1) is 5.25 Å². The predicted octanol–water partition coefficient (Wildman–Crippen LogP) is 3.82. The number of fused-ring (bicyclic) bond motifs is 1. The quantitative estimate of drug-likeness (QED) is 0.888. The Morgan fingerprint density at radius 1 is 1.12 bits per heavy atom. The first-order valence-electron chi connectivity index (χ1n) is 8.57. The first kappa shape index (κ1) is 17.5. The lowest BCUT2D eigenvalue weighted by Gasteiger charge is -2.19. The summed E-state index contributed by atoms with van der Waals surface area (Å²) < 4.78 is 0. The fraction of sp³-hybridized carbons (Fsp3) is 0.300. The maximum atomic E-state index is 12.6. The minimum absolute atomic E-state index is 0.0104. The van der Waals surface area contributed by atoms with E-state index in [-0.39, 0.29) is 17.1 Å². The van der Waals surface area contributed by atoms with Gasteiger partial charge in [0.15, 0.2) is 0 Å². The number of hydrogen-bond donors (Lipinski definition) is 1. The Hall–Kier alpha value is -2.27. The fourth-order valence-electron chi connectivity index (χ4n) is 2.97. The van der Waals surface area contributed by atoms with Gasteiger partial charge in [-0.1, -0.05) is 24.3 Å². The summed E-state index contributed by atoms with van der Waals surface area (Å²) in [6.45, 7) is 5.26. The van der Waals surface area contributed by atoms with Crippen LogP contribution < -0.4 is 5.32 Å². The van der Waals surface area contributed by atoms with E-state index in [2.05, 4.69) is 17.4 Å². The number of rotatable bonds is 5. The zero-order valence-electron chi connectivity index (χ0n) is 14.5. The van der Waals surface area contributed by atoms with Gasteiger partial charge in [-0.2, -0.15) is 0 Å². The van der Waals surface area contributed by atoms with Gasteiger partial charge in [-0.05, 0) is 50.1 Å². The Morgan fingerprint density at radius 2 is 1.88 bits per heavy atom. The lowest BCUT2D eigenvalue weighted by molar-refractivity contribution is -0.115. The third-order valence-electron chi connectivity index (χ3n) is 4.37. The molecule has 0 saturated carbocycles. The van der Waals surface area contributed by atoms with Crippen molar-refractivity contribution in [1.82, 2.24) is 4.90 Å². The molecule has 0 aromatic heterocycles. The molecule has 2 aromatic rings. The van der Waals surface area contributed by atoms with Crippen molar-refractivity contribution in [3.05, 3.63) is 59.7 Å². The van der Waals surface area contributed by atoms with Gasteiger partial charge >= 0.3 is 0 Å². The molecular formula is C20H22N2O2S. The Balaban J connectivity index is 1.69. The van der Waals surface area contributed by atoms with Crippen molar-refractivity contribution in [1.29, 1.82) is 0 Å². The minimum atomic E-state index is -0.125. The number of hydrogen-bond acceptors (Lipinski definition) is 3. The van der Waals surface area contributed by atoms with Crippen LogP contribution in [0.2, 0.25) is 0 Å². The number of amides is 2. The van der Waals surface area contributed by atoms with Crippen molar-refractivity contribution in [3.8, 4) is 0 Å². The van der Waals surface area contributed by atoms with Crippen LogP contribution in [0.1, 0.15) is 29.8 Å². The first-order chi connectivity index (χ1) is 12.1. The number of nitrogens with zero attached hydrogens (tertiary/aromatic N) is 1. The van der Waals surface area contributed by atoms with Gasteiger partial charge in [-0.3, -0.25) is 9.59 Å². The maximum Gasteiger partial charge on any atom is 0.253 e. The van der Waals surface area contributed by atoms with E-state index >= 15 is 0 Å². The van der Waals surface area contributed by atoms with Crippen molar-refractivity contribution in [3.63, 3.8) is 0 Å². The number of nitrogens with one attached hydrogen (secondary N) is 1. The van der Waals surface area contributed by atoms with Crippen molar-refractivity contribution in [2.45, 2.75) is 30.4 Å². The number of benzene rings is 2. The molecule has 1 atom stereocenters. The lowest BCUT2D eigenvalue weighted by Crippen LogP contribution is -2.30. The molecule has 1 aliphatic rings. The van der Waals surface area contributed by atoms with Gasteiger partial charge in [-0.15, -0.1) is 11.8 Å². The lowest BCUT2D eigenvalue weighted by atomic mass is 10.1. The van der Waals surface area contributed by atoms with Gasteiger partial charge in [-0.25, -0.2) is 0 Å². The van der Waals surface area contributed by atoms with Crippen LogP contribution in [0.3, 0.4) is 0 Å². The highest BCUT2D eigenvalue weighted by molar-refractivity contribution is 8.01. The van der Waals surface area contributed by atoms with Crippen LogP contribution in [0.15, 0.2) is 53.4 Å². The number of carbonyl (C=O) groups excluding carboxylic acids is 2. The van der Waals surface area contributed by atoms with Crippen LogP contribution in [0.5, 0.6) is 0 Å². The van der Waals surface area contributed by atoms with Gasteiger partial charge in [0.25, 0.3) is 5.91 Å². The molecule has 1 heterocycles. The molecule has 1 aliphatic heterocycles. The van der Waals surface area contributed by atoms with E-state index < -0.39 is 0 Å². The van der Waals surface area contributed by atoms with E-state index in [4.69, 9.17) is 0 Å². The van der Waals surface area contributed by atoms with Crippen molar-refractivity contribution in [2.75, 3.05) is 18.4 Å². The van der Waals surface area contributed by atoms with E-state index in [1.54, 1.807) is 28.8 Å². The van der Waals surface area contributed by atoms with Crippen LogP contribution in [0.4, 0.5) is 5.69 Å². The molecule has 0 saturated heterocycles. The monoisotopic (exact) mass is 354 g/mol. The Morgan fingerprint density at radius 3 is 2.60 bits per heavy atom. The van der Waals surface area contributed by atoms with E-state index in [9.17, 15) is 9.59 Å². The Kier molecular flexibility index (Phi) is 5.43. The van der Waals surface area contributed by atoms with Gasteiger partial charge in [0.1, 0.15) is 0 Å². The SMILES string of the molecule is CCN(CC)C(=O)c1cccc(NC(=O)C2Cc3ccccc3S2)c1. The van der Waals surface area contributed by atoms with E-state index in [0.29, 0.717) is 24.3 Å². The summed E-state index contributed by atoms with van der Waals surface area (Å²) >= 11 is 1.60. The molecule has 3 rings (SSSR count). The average Bonchev–Trinajstić information content (AvgIpc) is 3.07. The summed E-state index contributed by atoms with van der Waals surface area (Å²) in [4.78, 5) is 28.0. The molecule has 0 fully saturated rings. The molecule has 0 spiro atoms. The van der Waals surface area contributed by atoms with Crippen LogP contribution >= 0.6 is 11.8 Å². The summed E-state index contributed by atoms with van der Waals surface area (Å²) in [5.41, 5.74) is 2.49. The third-order valence-corrected chi connectivity index (χ3v) is 5.68. The van der Waals surface area contributed by atoms with E-state index in [0.717, 1.165) is 6.42 Å². The molecule has 0 radical (unpaired) electrons. The van der Waals surface area contributed by atoms with Crippen LogP contribution in [-0.2, 0) is 11.2 Å². The highest BCUT2D eigenvalue weighted by Gasteiger charge is 2.28. The summed E-state index contributed by atoms with van der Waals surface area (Å²) in [6.07, 6.45) is 0.741. The Labute approximate surface area is 152 Å². The normalized spacial score (nSPS) is 15.5. The predicted molar refractivity (Wildman–Crippen MR) is 102 cm³/mol. The van der Waals surface area contributed by atoms with E-state index in [1.807, 2.05) is 38.1 Å². The summed E-state index contributed by atoms with van der Waals surface area (Å²) in [6, 6.07) is 15.3. The Bertz CT molecular complexity index is 762. The average molecular weight is 354 g/mol. The van der Waals surface area contributed by atoms with E-state index in [1.165, 1.54) is 10.5 Å². The molecule has 4 nitrogen and oxygen atoms in total. The zero-order valence-corrected chi connectivity index (χ0v) is 15.3. The fourth-order valence-corrected chi connectivity index (χ4v) is 4.17. The number of carbonyl (C=O) groups is 2. The molecule has 130 valence electrons. The number of anilines is 1.